The summed E-state index contributed by atoms with van der Waals surface area (Å²) in [6.07, 6.45) is 1.22. The van der Waals surface area contributed by atoms with Gasteiger partial charge in [-0.3, -0.25) is 0 Å². The molecule has 1 heterocycles. The molecule has 3 aromatic rings. The van der Waals surface area contributed by atoms with Gasteiger partial charge in [0, 0.05) is 19.7 Å². The Labute approximate surface area is 157 Å². The highest BCUT2D eigenvalue weighted by molar-refractivity contribution is 7.90. The van der Waals surface area contributed by atoms with E-state index in [9.17, 15) is 8.42 Å². The van der Waals surface area contributed by atoms with Crippen LogP contribution >= 0.6 is 0 Å². The van der Waals surface area contributed by atoms with E-state index in [4.69, 9.17) is 9.15 Å². The number of hydrogen-bond acceptors (Lipinski definition) is 6. The van der Waals surface area contributed by atoms with Crippen LogP contribution < -0.4 is 4.74 Å². The third-order valence-corrected chi connectivity index (χ3v) is 4.86. The molecule has 0 atom stereocenters. The van der Waals surface area contributed by atoms with Crippen LogP contribution in [0.3, 0.4) is 0 Å². The fourth-order valence-electron chi connectivity index (χ4n) is 2.26. The lowest BCUT2D eigenvalue weighted by atomic mass is 10.2. The van der Waals surface area contributed by atoms with Crippen molar-refractivity contribution < 1.29 is 17.6 Å². The van der Waals surface area contributed by atoms with Crippen molar-refractivity contribution in [3.63, 3.8) is 0 Å². The Morgan fingerprint density at radius 1 is 1.04 bits per heavy atom. The highest BCUT2D eigenvalue weighted by Gasteiger charge is 2.22. The van der Waals surface area contributed by atoms with E-state index in [2.05, 4.69) is 14.6 Å². The highest BCUT2D eigenvalue weighted by Crippen LogP contribution is 2.30. The quantitative estimate of drug-likeness (QED) is 0.474. The lowest BCUT2D eigenvalue weighted by Gasteiger charge is -2.06. The fourth-order valence-corrected chi connectivity index (χ4v) is 3.37. The molecule has 0 amide bonds. The molecule has 27 heavy (non-hydrogen) atoms. The minimum absolute atomic E-state index is 0.00645. The Morgan fingerprint density at radius 2 is 1.70 bits per heavy atom. The van der Waals surface area contributed by atoms with Gasteiger partial charge in [0.2, 0.25) is 11.8 Å². The second-order valence-electron chi connectivity index (χ2n) is 5.80. The number of rotatable bonds is 6. The van der Waals surface area contributed by atoms with E-state index in [1.165, 1.54) is 17.3 Å². The standard InChI is InChI=1S/C18H18N4O4S/c1-22(2)12-19-27(23,24)16-7-5-4-6-15(16)18-21-20-17(26-18)13-8-10-14(25-3)11-9-13/h4-12H,1-3H3/b19-12-. The average molecular weight is 386 g/mol. The zero-order valence-corrected chi connectivity index (χ0v) is 15.8. The summed E-state index contributed by atoms with van der Waals surface area (Å²) in [5.74, 6) is 1.07. The van der Waals surface area contributed by atoms with Gasteiger partial charge in [-0.15, -0.1) is 14.6 Å². The van der Waals surface area contributed by atoms with E-state index in [0.717, 1.165) is 0 Å². The van der Waals surface area contributed by atoms with Crippen molar-refractivity contribution in [3.05, 3.63) is 48.5 Å². The molecule has 9 heteroatoms. The van der Waals surface area contributed by atoms with Crippen molar-refractivity contribution in [1.29, 1.82) is 0 Å². The zero-order valence-electron chi connectivity index (χ0n) is 15.0. The minimum atomic E-state index is -3.92. The molecule has 0 radical (unpaired) electrons. The smallest absolute Gasteiger partial charge is 0.284 e. The molecule has 0 aliphatic carbocycles. The van der Waals surface area contributed by atoms with Gasteiger partial charge >= 0.3 is 0 Å². The van der Waals surface area contributed by atoms with Gasteiger partial charge in [0.25, 0.3) is 10.0 Å². The van der Waals surface area contributed by atoms with Crippen LogP contribution in [-0.2, 0) is 10.0 Å². The summed E-state index contributed by atoms with van der Waals surface area (Å²) in [7, 11) is 1.03. The molecule has 0 bridgehead atoms. The molecular weight excluding hydrogens is 368 g/mol. The summed E-state index contributed by atoms with van der Waals surface area (Å²) < 4.78 is 39.6. The second kappa shape index (κ2) is 7.58. The average Bonchev–Trinajstić information content (AvgIpc) is 3.17. The van der Waals surface area contributed by atoms with Crippen molar-refractivity contribution in [3.8, 4) is 28.7 Å². The number of sulfonamides is 1. The van der Waals surface area contributed by atoms with E-state index in [0.29, 0.717) is 16.9 Å². The summed E-state index contributed by atoms with van der Waals surface area (Å²) in [5.41, 5.74) is 0.987. The van der Waals surface area contributed by atoms with Gasteiger partial charge < -0.3 is 14.1 Å². The maximum atomic E-state index is 12.5. The van der Waals surface area contributed by atoms with Crippen LogP contribution in [0.5, 0.6) is 5.75 Å². The molecule has 1 aromatic heterocycles. The monoisotopic (exact) mass is 386 g/mol. The van der Waals surface area contributed by atoms with Crippen molar-refractivity contribution in [2.45, 2.75) is 4.90 Å². The first-order valence-electron chi connectivity index (χ1n) is 7.95. The fraction of sp³-hybridized carbons (Fsp3) is 0.167. The largest absolute Gasteiger partial charge is 0.497 e. The first kappa shape index (κ1) is 18.6. The van der Waals surface area contributed by atoms with Crippen LogP contribution in [0.25, 0.3) is 22.9 Å². The van der Waals surface area contributed by atoms with Gasteiger partial charge in [-0.05, 0) is 36.4 Å². The van der Waals surface area contributed by atoms with Crippen LogP contribution in [0, 0.1) is 0 Å². The molecule has 0 aliphatic heterocycles. The molecule has 8 nitrogen and oxygen atoms in total. The maximum absolute atomic E-state index is 12.5. The molecule has 0 N–H and O–H groups in total. The molecule has 2 aromatic carbocycles. The molecule has 0 saturated carbocycles. The van der Waals surface area contributed by atoms with Crippen LogP contribution in [-0.4, -0.2) is 51.1 Å². The molecule has 0 saturated heterocycles. The van der Waals surface area contributed by atoms with Crippen LogP contribution in [0.4, 0.5) is 0 Å². The summed E-state index contributed by atoms with van der Waals surface area (Å²) in [6, 6.07) is 13.5. The van der Waals surface area contributed by atoms with E-state index >= 15 is 0 Å². The molecule has 0 unspecified atom stereocenters. The summed E-state index contributed by atoms with van der Waals surface area (Å²) >= 11 is 0. The van der Waals surface area contributed by atoms with Crippen molar-refractivity contribution in [1.82, 2.24) is 15.1 Å². The second-order valence-corrected chi connectivity index (χ2v) is 7.40. The van der Waals surface area contributed by atoms with Gasteiger partial charge in [0.15, 0.2) is 0 Å². The number of ether oxygens (including phenoxy) is 1. The number of methoxy groups -OCH3 is 1. The number of aromatic nitrogens is 2. The lowest BCUT2D eigenvalue weighted by Crippen LogP contribution is -2.10. The van der Waals surface area contributed by atoms with Crippen LogP contribution in [0.1, 0.15) is 0 Å². The van der Waals surface area contributed by atoms with Crippen LogP contribution in [0.15, 0.2) is 62.2 Å². The van der Waals surface area contributed by atoms with Crippen molar-refractivity contribution in [2.75, 3.05) is 21.2 Å². The normalized spacial score (nSPS) is 11.7. The minimum Gasteiger partial charge on any atom is -0.497 e. The van der Waals surface area contributed by atoms with Gasteiger partial charge in [-0.25, -0.2) is 0 Å². The molecule has 0 spiro atoms. The predicted octanol–water partition coefficient (Wildman–Crippen LogP) is 2.69. The molecule has 0 aliphatic rings. The Kier molecular flexibility index (Phi) is 5.22. The molecule has 0 fully saturated rings. The lowest BCUT2D eigenvalue weighted by molar-refractivity contribution is 0.415. The third-order valence-electron chi connectivity index (χ3n) is 3.57. The summed E-state index contributed by atoms with van der Waals surface area (Å²) in [4.78, 5) is 1.53. The van der Waals surface area contributed by atoms with E-state index < -0.39 is 10.0 Å². The molecule has 3 rings (SSSR count). The van der Waals surface area contributed by atoms with Gasteiger partial charge in [-0.1, -0.05) is 12.1 Å². The van der Waals surface area contributed by atoms with Gasteiger partial charge in [-0.2, -0.15) is 8.42 Å². The molecule has 140 valence electrons. The first-order chi connectivity index (χ1) is 12.9. The highest BCUT2D eigenvalue weighted by atomic mass is 32.2. The Hall–Kier alpha value is -3.20. The summed E-state index contributed by atoms with van der Waals surface area (Å²) in [5, 5.41) is 8.02. The Bertz CT molecular complexity index is 1060. The topological polar surface area (TPSA) is 97.9 Å². The Morgan fingerprint density at radius 3 is 2.37 bits per heavy atom. The number of nitrogens with zero attached hydrogens (tertiary/aromatic N) is 4. The van der Waals surface area contributed by atoms with E-state index in [1.807, 2.05) is 0 Å². The molecular formula is C18H18N4O4S. The van der Waals surface area contributed by atoms with E-state index in [1.54, 1.807) is 63.7 Å². The van der Waals surface area contributed by atoms with E-state index in [-0.39, 0.29) is 16.7 Å². The van der Waals surface area contributed by atoms with Crippen molar-refractivity contribution in [2.24, 2.45) is 4.40 Å². The zero-order chi connectivity index (χ0) is 19.4. The maximum Gasteiger partial charge on any atom is 0.284 e. The van der Waals surface area contributed by atoms with Gasteiger partial charge in [0.1, 0.15) is 17.0 Å². The SMILES string of the molecule is COc1ccc(-c2nnc(-c3ccccc3S(=O)(=O)/N=C\N(C)C)o2)cc1. The predicted molar refractivity (Wildman–Crippen MR) is 101 cm³/mol. The van der Waals surface area contributed by atoms with Crippen molar-refractivity contribution >= 4 is 16.4 Å². The van der Waals surface area contributed by atoms with Crippen LogP contribution in [0.2, 0.25) is 0 Å². The third kappa shape index (κ3) is 4.14. The summed E-state index contributed by atoms with van der Waals surface area (Å²) in [6.45, 7) is 0. The number of benzene rings is 2. The number of hydrogen-bond donors (Lipinski definition) is 0. The van der Waals surface area contributed by atoms with Gasteiger partial charge in [0.05, 0.1) is 12.7 Å². The first-order valence-corrected chi connectivity index (χ1v) is 9.39. The Balaban J connectivity index is 2.00.